The second-order valence-electron chi connectivity index (χ2n) is 17.4. The van der Waals surface area contributed by atoms with Crippen LogP contribution in [0.25, 0.3) is 0 Å². The summed E-state index contributed by atoms with van der Waals surface area (Å²) in [6.45, 7) is 4.14. The third-order valence-electron chi connectivity index (χ3n) is 11.4. The van der Waals surface area contributed by atoms with E-state index in [9.17, 15) is 19.4 Å². The Bertz CT molecular complexity index is 1040. The van der Waals surface area contributed by atoms with Gasteiger partial charge in [0.1, 0.15) is 0 Å². The molecule has 0 aliphatic carbocycles. The molecule has 5 N–H and O–H groups in total. The lowest BCUT2D eigenvalue weighted by Crippen LogP contribution is -2.45. The van der Waals surface area contributed by atoms with E-state index >= 15 is 0 Å². The number of nitrogens with one attached hydrogen (secondary N) is 1. The van der Waals surface area contributed by atoms with E-state index in [0.29, 0.717) is 6.42 Å². The van der Waals surface area contributed by atoms with Crippen LogP contribution in [0.15, 0.2) is 36.5 Å². The topological polar surface area (TPSA) is 131 Å². The number of carbonyl (C=O) groups excluding carboxylic acids is 1. The predicted molar refractivity (Wildman–Crippen MR) is 258 cm³/mol. The Labute approximate surface area is 371 Å². The Balaban J connectivity index is 4.14. The highest BCUT2D eigenvalue weighted by atomic mass is 31.2. The molecule has 0 aromatic heterocycles. The molecule has 0 spiro atoms. The Hall–Kier alpha value is -1.28. The molecule has 1 amide bonds. The molecule has 3 atom stereocenters. The average Bonchev–Trinajstić information content (AvgIpc) is 3.24. The van der Waals surface area contributed by atoms with Gasteiger partial charge in [-0.25, -0.2) is 4.57 Å². The van der Waals surface area contributed by atoms with Crippen LogP contribution in [0.2, 0.25) is 0 Å². The van der Waals surface area contributed by atoms with Gasteiger partial charge in [-0.2, -0.15) is 0 Å². The maximum Gasteiger partial charge on any atom is 0.472 e. The molecule has 9 heteroatoms. The maximum absolute atomic E-state index is 12.8. The van der Waals surface area contributed by atoms with Crippen LogP contribution in [0, 0.1) is 0 Å². The van der Waals surface area contributed by atoms with Crippen molar-refractivity contribution < 1.29 is 28.4 Å². The lowest BCUT2D eigenvalue weighted by Gasteiger charge is -2.23. The smallest absolute Gasteiger partial charge is 0.387 e. The van der Waals surface area contributed by atoms with Crippen LogP contribution in [-0.4, -0.2) is 47.8 Å². The molecular formula is C51H99N2O6P. The van der Waals surface area contributed by atoms with Crippen LogP contribution >= 0.6 is 7.82 Å². The molecule has 0 saturated heterocycles. The largest absolute Gasteiger partial charge is 0.472 e. The third-order valence-corrected chi connectivity index (χ3v) is 12.4. The minimum absolute atomic E-state index is 0.0741. The number of allylic oxidation sites excluding steroid dienone is 5. The first-order chi connectivity index (χ1) is 29.4. The van der Waals surface area contributed by atoms with Crippen molar-refractivity contribution in [1.82, 2.24) is 5.32 Å². The van der Waals surface area contributed by atoms with Gasteiger partial charge in [-0.3, -0.25) is 13.8 Å². The van der Waals surface area contributed by atoms with E-state index in [0.717, 1.165) is 38.5 Å². The number of carbonyl (C=O) groups is 1. The number of phosphoric acid groups is 1. The van der Waals surface area contributed by atoms with Crippen LogP contribution in [-0.2, 0) is 18.4 Å². The number of hydrogen-bond donors (Lipinski definition) is 4. The lowest BCUT2D eigenvalue weighted by atomic mass is 10.0. The van der Waals surface area contributed by atoms with Crippen molar-refractivity contribution in [2.24, 2.45) is 5.73 Å². The van der Waals surface area contributed by atoms with Gasteiger partial charge < -0.3 is 21.1 Å². The fraction of sp³-hybridized carbons (Fsp3) is 0.863. The van der Waals surface area contributed by atoms with Gasteiger partial charge in [0.2, 0.25) is 5.91 Å². The van der Waals surface area contributed by atoms with E-state index in [1.54, 1.807) is 6.08 Å². The summed E-state index contributed by atoms with van der Waals surface area (Å²) in [6, 6.07) is -0.878. The molecule has 0 radical (unpaired) electrons. The zero-order valence-electron chi connectivity index (χ0n) is 39.5. The predicted octanol–water partition coefficient (Wildman–Crippen LogP) is 15.1. The van der Waals surface area contributed by atoms with Gasteiger partial charge in [0.05, 0.1) is 25.4 Å². The third kappa shape index (κ3) is 44.8. The van der Waals surface area contributed by atoms with E-state index in [4.69, 9.17) is 14.8 Å². The Kier molecular flexibility index (Phi) is 46.2. The molecule has 0 fully saturated rings. The second-order valence-corrected chi connectivity index (χ2v) is 18.8. The van der Waals surface area contributed by atoms with E-state index in [1.807, 2.05) is 6.08 Å². The van der Waals surface area contributed by atoms with Crippen LogP contribution in [0.4, 0.5) is 0 Å². The summed E-state index contributed by atoms with van der Waals surface area (Å²) in [5, 5.41) is 13.7. The lowest BCUT2D eigenvalue weighted by molar-refractivity contribution is -0.123. The maximum atomic E-state index is 12.8. The zero-order valence-corrected chi connectivity index (χ0v) is 40.3. The summed E-state index contributed by atoms with van der Waals surface area (Å²) in [6.07, 6.45) is 57.8. The minimum Gasteiger partial charge on any atom is -0.387 e. The first-order valence-electron chi connectivity index (χ1n) is 25.6. The molecular weight excluding hydrogens is 768 g/mol. The van der Waals surface area contributed by atoms with Crippen LogP contribution in [0.5, 0.6) is 0 Å². The molecule has 0 rings (SSSR count). The molecule has 0 aliphatic heterocycles. The molecule has 60 heavy (non-hydrogen) atoms. The SMILES string of the molecule is CCCCCCCCCC/C=C\CCCCCCCCCCCC(=O)NC(COP(=O)(O)OCCN)C(O)/C=C/CC/C=C/CCCCCCCCCCCCCCCC. The molecule has 8 nitrogen and oxygen atoms in total. The van der Waals surface area contributed by atoms with Gasteiger partial charge in [-0.15, -0.1) is 0 Å². The zero-order chi connectivity index (χ0) is 43.9. The molecule has 0 aliphatic rings. The average molecular weight is 867 g/mol. The number of rotatable bonds is 48. The number of aliphatic hydroxyl groups is 1. The number of phosphoric ester groups is 1. The van der Waals surface area contributed by atoms with E-state index in [-0.39, 0.29) is 25.7 Å². The summed E-state index contributed by atoms with van der Waals surface area (Å²) in [5.41, 5.74) is 5.39. The van der Waals surface area contributed by atoms with E-state index in [1.165, 1.54) is 193 Å². The summed E-state index contributed by atoms with van der Waals surface area (Å²) < 4.78 is 22.2. The number of amides is 1. The van der Waals surface area contributed by atoms with Gasteiger partial charge in [-0.1, -0.05) is 224 Å². The quantitative estimate of drug-likeness (QED) is 0.0272. The first-order valence-corrected chi connectivity index (χ1v) is 27.1. The van der Waals surface area contributed by atoms with Crippen molar-refractivity contribution in [2.45, 2.75) is 264 Å². The number of hydrogen-bond acceptors (Lipinski definition) is 6. The fourth-order valence-electron chi connectivity index (χ4n) is 7.56. The first kappa shape index (κ1) is 58.7. The summed E-state index contributed by atoms with van der Waals surface area (Å²) in [7, 11) is -4.35. The molecule has 0 aromatic carbocycles. The molecule has 0 saturated carbocycles. The summed E-state index contributed by atoms with van der Waals surface area (Å²) in [5.74, 6) is -0.204. The Morgan fingerprint density at radius 3 is 1.28 bits per heavy atom. The number of nitrogens with two attached hydrogens (primary N) is 1. The van der Waals surface area contributed by atoms with Gasteiger partial charge in [-0.05, 0) is 57.8 Å². The molecule has 354 valence electrons. The molecule has 0 aromatic rings. The van der Waals surface area contributed by atoms with Crippen molar-refractivity contribution in [1.29, 1.82) is 0 Å². The highest BCUT2D eigenvalue weighted by Crippen LogP contribution is 2.43. The highest BCUT2D eigenvalue weighted by molar-refractivity contribution is 7.47. The van der Waals surface area contributed by atoms with E-state index in [2.05, 4.69) is 43.5 Å². The van der Waals surface area contributed by atoms with Crippen LogP contribution < -0.4 is 11.1 Å². The summed E-state index contributed by atoms with van der Waals surface area (Å²) >= 11 is 0. The standard InChI is InChI=1S/C51H99N2O6P/c1-3-5-7-9-11-13-15-17-19-21-23-25-27-29-31-33-35-37-39-41-43-45-51(55)53-49(48-59-60(56,57)58-47-46-52)50(54)44-42-40-38-36-34-32-30-28-26-24-22-20-18-16-14-12-10-8-6-4-2/h21,23,34,36,42,44,49-50,54H,3-20,22,24-33,35,37-41,43,45-48,52H2,1-2H3,(H,53,55)(H,56,57)/b23-21-,36-34+,44-42+. The Morgan fingerprint density at radius 1 is 0.533 bits per heavy atom. The van der Waals surface area contributed by atoms with Crippen molar-refractivity contribution >= 4 is 13.7 Å². The van der Waals surface area contributed by atoms with Gasteiger partial charge in [0, 0.05) is 13.0 Å². The van der Waals surface area contributed by atoms with Crippen molar-refractivity contribution in [3.63, 3.8) is 0 Å². The molecule has 3 unspecified atom stereocenters. The van der Waals surface area contributed by atoms with Gasteiger partial charge >= 0.3 is 7.82 Å². The molecule has 0 heterocycles. The second kappa shape index (κ2) is 47.2. The van der Waals surface area contributed by atoms with Gasteiger partial charge in [0.15, 0.2) is 0 Å². The monoisotopic (exact) mass is 867 g/mol. The van der Waals surface area contributed by atoms with Gasteiger partial charge in [0.25, 0.3) is 0 Å². The highest BCUT2D eigenvalue weighted by Gasteiger charge is 2.26. The van der Waals surface area contributed by atoms with Crippen molar-refractivity contribution in [2.75, 3.05) is 19.8 Å². The van der Waals surface area contributed by atoms with Crippen LogP contribution in [0.3, 0.4) is 0 Å². The number of unbranched alkanes of at least 4 members (excludes halogenated alkanes) is 32. The number of aliphatic hydroxyl groups excluding tert-OH is 1. The van der Waals surface area contributed by atoms with Crippen molar-refractivity contribution in [3.05, 3.63) is 36.5 Å². The van der Waals surface area contributed by atoms with Crippen LogP contribution in [0.1, 0.15) is 251 Å². The minimum atomic E-state index is -4.35. The fourth-order valence-corrected chi connectivity index (χ4v) is 8.32. The van der Waals surface area contributed by atoms with Crippen molar-refractivity contribution in [3.8, 4) is 0 Å². The summed E-state index contributed by atoms with van der Waals surface area (Å²) in [4.78, 5) is 22.8. The normalized spacial score (nSPS) is 14.2. The van der Waals surface area contributed by atoms with E-state index < -0.39 is 20.0 Å². The molecule has 0 bridgehead atoms. The Morgan fingerprint density at radius 2 is 0.883 bits per heavy atom.